The van der Waals surface area contributed by atoms with Gasteiger partial charge in [0.25, 0.3) is 0 Å². The van der Waals surface area contributed by atoms with Crippen LogP contribution < -0.4 is 0 Å². The third-order valence-electron chi connectivity index (χ3n) is 3.58. The van der Waals surface area contributed by atoms with Crippen LogP contribution in [0.15, 0.2) is 0 Å². The molecule has 0 unspecified atom stereocenters. The van der Waals surface area contributed by atoms with Gasteiger partial charge in [-0.05, 0) is 29.1 Å². The first kappa shape index (κ1) is 50.8. The van der Waals surface area contributed by atoms with Gasteiger partial charge in [0, 0.05) is 0 Å². The number of unbranched alkanes of at least 4 members (excludes halogenated alkanes) is 1. The maximum absolute atomic E-state index is 2.31. The van der Waals surface area contributed by atoms with Crippen LogP contribution in [-0.2, 0) is 0 Å². The van der Waals surface area contributed by atoms with Crippen LogP contribution in [0.5, 0.6) is 0 Å². The van der Waals surface area contributed by atoms with Gasteiger partial charge in [0.05, 0.1) is 0 Å². The van der Waals surface area contributed by atoms with Crippen molar-refractivity contribution >= 4 is 0 Å². The Morgan fingerprint density at radius 3 is 0.735 bits per heavy atom. The van der Waals surface area contributed by atoms with Crippen LogP contribution in [0.25, 0.3) is 0 Å². The number of hydrogen-bond acceptors (Lipinski definition) is 0. The lowest BCUT2D eigenvalue weighted by Gasteiger charge is -2.18. The molecule has 2 saturated carbocycles. The van der Waals surface area contributed by atoms with E-state index in [0.29, 0.717) is 5.41 Å². The van der Waals surface area contributed by atoms with Gasteiger partial charge in [-0.2, -0.15) is 0 Å². The van der Waals surface area contributed by atoms with E-state index >= 15 is 0 Å². The summed E-state index contributed by atoms with van der Waals surface area (Å²) in [5, 5.41) is 0. The topological polar surface area (TPSA) is 0 Å². The maximum atomic E-state index is 2.31. The minimum Gasteiger partial charge on any atom is -0.0683 e. The van der Waals surface area contributed by atoms with Gasteiger partial charge in [0.1, 0.15) is 0 Å². The predicted molar refractivity (Wildman–Crippen MR) is 171 cm³/mol. The molecular weight excluding hydrogens is 408 g/mol. The molecule has 2 rings (SSSR count). The first-order valence-corrected chi connectivity index (χ1v) is 15.6. The van der Waals surface area contributed by atoms with Gasteiger partial charge in [-0.15, -0.1) is 0 Å². The van der Waals surface area contributed by atoms with Gasteiger partial charge in [-0.1, -0.05) is 196 Å². The Morgan fingerprint density at radius 1 is 0.588 bits per heavy atom. The summed E-state index contributed by atoms with van der Waals surface area (Å²) in [5.41, 5.74) is 0.500. The molecule has 0 bridgehead atoms. The highest BCUT2D eigenvalue weighted by Crippen LogP contribution is 2.26. The minimum absolute atomic E-state index is 0.500. The van der Waals surface area contributed by atoms with Crippen molar-refractivity contribution in [2.75, 3.05) is 0 Å². The lowest BCUT2D eigenvalue weighted by atomic mass is 9.88. The van der Waals surface area contributed by atoms with E-state index in [1.807, 2.05) is 27.7 Å². The van der Waals surface area contributed by atoms with Crippen molar-refractivity contribution in [2.45, 2.75) is 196 Å². The molecule has 0 nitrogen and oxygen atoms in total. The minimum atomic E-state index is 0.500. The summed E-state index contributed by atoms with van der Waals surface area (Å²) < 4.78 is 0. The van der Waals surface area contributed by atoms with E-state index in [0.717, 1.165) is 23.7 Å². The zero-order chi connectivity index (χ0) is 29.2. The predicted octanol–water partition coefficient (Wildman–Crippen LogP) is 14.3. The molecule has 0 amide bonds. The second kappa shape index (κ2) is 46.4. The van der Waals surface area contributed by atoms with Crippen molar-refractivity contribution in [3.8, 4) is 0 Å². The Hall–Kier alpha value is 0. The molecule has 0 heterocycles. The Morgan fingerprint density at radius 2 is 0.735 bits per heavy atom. The van der Waals surface area contributed by atoms with E-state index in [9.17, 15) is 0 Å². The number of rotatable bonds is 2. The summed E-state index contributed by atoms with van der Waals surface area (Å²) in [6.07, 6.45) is 12.6. The fourth-order valence-electron chi connectivity index (χ4n) is 0.779. The normalized spacial score (nSPS) is 12.9. The molecule has 0 aromatic heterocycles. The molecule has 2 aliphatic carbocycles. The van der Waals surface area contributed by atoms with Crippen LogP contribution in [-0.4, -0.2) is 0 Å². The molecule has 0 heteroatoms. The number of hydrogen-bond donors (Lipinski definition) is 0. The highest BCUT2D eigenvalue weighted by molar-refractivity contribution is 4.65. The molecule has 0 aliphatic heterocycles. The molecule has 0 radical (unpaired) electrons. The van der Waals surface area contributed by atoms with Crippen molar-refractivity contribution < 1.29 is 0 Å². The first-order chi connectivity index (χ1) is 15.6. The highest BCUT2D eigenvalue weighted by atomic mass is 14.2. The molecule has 0 spiro atoms. The molecule has 0 aromatic rings. The summed E-state index contributed by atoms with van der Waals surface area (Å²) in [5.74, 6) is 3.87. The Kier molecular flexibility index (Phi) is 69.2. The maximum Gasteiger partial charge on any atom is -0.0411 e. The van der Waals surface area contributed by atoms with Crippen LogP contribution in [0.3, 0.4) is 0 Å². The molecule has 34 heavy (non-hydrogen) atoms. The lowest BCUT2D eigenvalue weighted by molar-refractivity contribution is 0.346. The molecule has 0 N–H and O–H groups in total. The van der Waals surface area contributed by atoms with Crippen LogP contribution in [0.2, 0.25) is 0 Å². The summed E-state index contributed by atoms with van der Waals surface area (Å²) in [4.78, 5) is 0. The summed E-state index contributed by atoms with van der Waals surface area (Å²) in [6, 6.07) is 0. The van der Waals surface area contributed by atoms with Crippen LogP contribution in [0.4, 0.5) is 0 Å². The van der Waals surface area contributed by atoms with Gasteiger partial charge in [-0.3, -0.25) is 0 Å². The van der Waals surface area contributed by atoms with E-state index in [4.69, 9.17) is 0 Å². The summed E-state index contributed by atoms with van der Waals surface area (Å²) in [7, 11) is 0. The molecular formula is C34H82. The second-order valence-corrected chi connectivity index (χ2v) is 12.0. The Bertz CT molecular complexity index is 220. The molecule has 0 saturated heterocycles. The fourth-order valence-corrected chi connectivity index (χ4v) is 0.779. The fraction of sp³-hybridized carbons (Fsp3) is 1.00. The smallest absolute Gasteiger partial charge is 0.0411 e. The zero-order valence-corrected chi connectivity index (χ0v) is 29.2. The van der Waals surface area contributed by atoms with Gasteiger partial charge in [0.15, 0.2) is 0 Å². The van der Waals surface area contributed by atoms with Crippen molar-refractivity contribution in [3.05, 3.63) is 0 Å². The largest absolute Gasteiger partial charge is 0.0683 e. The highest BCUT2D eigenvalue weighted by Gasteiger charge is 2.12. The average molecular weight is 491 g/mol. The quantitative estimate of drug-likeness (QED) is 0.361. The standard InChI is InChI=1S/C5H10.2C5H12.C4H8.2C4H10.C3H8.2C2H6/c1-5-3-2-4-5;1-5(2,3)4;1-4-5(2)3;1-4-2-3-4;1-4(2)3;1-3-4-2;1-3-2;2*1-2/h5H,2-4H2,1H3;1-4H3;5H,4H2,1-3H3;4H,2-3H2,1H3;4H,1-3H3;3-4H2,1-2H3;3H2,1-2H3;2*1-2H3. The van der Waals surface area contributed by atoms with E-state index < -0.39 is 0 Å². The van der Waals surface area contributed by atoms with Crippen LogP contribution in [0.1, 0.15) is 196 Å². The van der Waals surface area contributed by atoms with Crippen LogP contribution >= 0.6 is 0 Å². The van der Waals surface area contributed by atoms with Gasteiger partial charge < -0.3 is 0 Å². The van der Waals surface area contributed by atoms with E-state index in [1.54, 1.807) is 0 Å². The summed E-state index contributed by atoms with van der Waals surface area (Å²) in [6.45, 7) is 43.1. The third kappa shape index (κ3) is 214. The van der Waals surface area contributed by atoms with E-state index in [2.05, 4.69) is 111 Å². The van der Waals surface area contributed by atoms with Gasteiger partial charge >= 0.3 is 0 Å². The molecule has 0 atom stereocenters. The average Bonchev–Trinajstić information content (AvgIpc) is 3.51. The molecule has 2 aliphatic rings. The van der Waals surface area contributed by atoms with Crippen LogP contribution in [0, 0.1) is 29.1 Å². The molecule has 0 aromatic carbocycles. The molecule has 2 fully saturated rings. The van der Waals surface area contributed by atoms with Gasteiger partial charge in [0.2, 0.25) is 0 Å². The monoisotopic (exact) mass is 491 g/mol. The first-order valence-electron chi connectivity index (χ1n) is 15.6. The van der Waals surface area contributed by atoms with Crippen molar-refractivity contribution in [1.82, 2.24) is 0 Å². The van der Waals surface area contributed by atoms with E-state index in [-0.39, 0.29) is 0 Å². The molecule has 218 valence electrons. The SMILES string of the molecule is CC.CC.CC(C)(C)C.CC(C)C.CC1CC1.CC1CCC1.CCC.CCC(C)C.CCCC. The van der Waals surface area contributed by atoms with E-state index in [1.165, 1.54) is 57.8 Å². The Labute approximate surface area is 225 Å². The zero-order valence-electron chi connectivity index (χ0n) is 29.2. The third-order valence-corrected chi connectivity index (χ3v) is 3.58. The van der Waals surface area contributed by atoms with Crippen molar-refractivity contribution in [2.24, 2.45) is 29.1 Å². The Balaban J connectivity index is -0.0000000491. The lowest BCUT2D eigenvalue weighted by Crippen LogP contribution is -2.04. The summed E-state index contributed by atoms with van der Waals surface area (Å²) >= 11 is 0. The van der Waals surface area contributed by atoms with Crippen molar-refractivity contribution in [1.29, 1.82) is 0 Å². The van der Waals surface area contributed by atoms with Gasteiger partial charge in [-0.25, -0.2) is 0 Å². The van der Waals surface area contributed by atoms with Crippen molar-refractivity contribution in [3.63, 3.8) is 0 Å². The second-order valence-electron chi connectivity index (χ2n) is 12.0.